The van der Waals surface area contributed by atoms with Crippen molar-refractivity contribution in [2.75, 3.05) is 12.4 Å². The van der Waals surface area contributed by atoms with Crippen molar-refractivity contribution in [1.29, 1.82) is 0 Å². The van der Waals surface area contributed by atoms with Crippen LogP contribution in [0.25, 0.3) is 10.9 Å². The summed E-state index contributed by atoms with van der Waals surface area (Å²) in [5.41, 5.74) is 3.16. The largest absolute Gasteiger partial charge is 0.496 e. The summed E-state index contributed by atoms with van der Waals surface area (Å²) in [4.78, 5) is 4.61. The topological polar surface area (TPSA) is 34.1 Å². The lowest BCUT2D eigenvalue weighted by Gasteiger charge is -2.20. The molecule has 152 valence electrons. The molecule has 6 heteroatoms. The van der Waals surface area contributed by atoms with Gasteiger partial charge in [-0.15, -0.1) is 0 Å². The Morgan fingerprint density at radius 3 is 2.52 bits per heavy atom. The van der Waals surface area contributed by atoms with E-state index in [-0.39, 0.29) is 5.56 Å². The lowest BCUT2D eigenvalue weighted by molar-refractivity contribution is 0.146. The molecule has 0 bridgehead atoms. The van der Waals surface area contributed by atoms with Gasteiger partial charge in [-0.2, -0.15) is 0 Å². The minimum atomic E-state index is -2.85. The second kappa shape index (κ2) is 7.58. The second-order valence-electron chi connectivity index (χ2n) is 7.61. The lowest BCUT2D eigenvalue weighted by atomic mass is 10.0. The molecule has 0 saturated heterocycles. The average molecular weight is 400 g/mol. The highest BCUT2D eigenvalue weighted by molar-refractivity contribution is 5.93. The summed E-state index contributed by atoms with van der Waals surface area (Å²) < 4.78 is 46.3. The van der Waals surface area contributed by atoms with Crippen LogP contribution in [0.1, 0.15) is 60.5 Å². The number of aryl methyl sites for hydroxylation is 1. The minimum absolute atomic E-state index is 0.210. The van der Waals surface area contributed by atoms with Gasteiger partial charge >= 0.3 is 0 Å². The van der Waals surface area contributed by atoms with Crippen molar-refractivity contribution in [3.05, 3.63) is 64.6 Å². The van der Waals surface area contributed by atoms with Gasteiger partial charge in [0.2, 0.25) is 0 Å². The van der Waals surface area contributed by atoms with E-state index in [4.69, 9.17) is 4.74 Å². The number of hydrogen-bond acceptors (Lipinski definition) is 3. The van der Waals surface area contributed by atoms with E-state index in [9.17, 15) is 13.2 Å². The van der Waals surface area contributed by atoms with Crippen LogP contribution in [0.5, 0.6) is 5.75 Å². The summed E-state index contributed by atoms with van der Waals surface area (Å²) in [5, 5.41) is 4.22. The Kier molecular flexibility index (Phi) is 5.11. The fourth-order valence-corrected chi connectivity index (χ4v) is 3.79. The third-order valence-electron chi connectivity index (χ3n) is 5.44. The number of nitrogens with one attached hydrogen (secondary N) is 1. The first-order valence-electron chi connectivity index (χ1n) is 9.71. The van der Waals surface area contributed by atoms with Crippen molar-refractivity contribution in [2.24, 2.45) is 0 Å². The summed E-state index contributed by atoms with van der Waals surface area (Å²) in [6.45, 7) is 3.65. The van der Waals surface area contributed by atoms with Gasteiger partial charge in [0.05, 0.1) is 24.2 Å². The monoisotopic (exact) mass is 400 g/mol. The highest BCUT2D eigenvalue weighted by Crippen LogP contribution is 2.46. The fourth-order valence-electron chi connectivity index (χ4n) is 3.79. The second-order valence-corrected chi connectivity index (χ2v) is 7.61. The molecule has 1 aliphatic carbocycles. The van der Waals surface area contributed by atoms with Crippen LogP contribution in [0, 0.1) is 12.7 Å². The van der Waals surface area contributed by atoms with E-state index in [0.717, 1.165) is 52.5 Å². The number of benzene rings is 2. The normalized spacial score (nSPS) is 15.0. The Morgan fingerprint density at radius 2 is 1.86 bits per heavy atom. The molecular formula is C23H23F3N2O. The summed E-state index contributed by atoms with van der Waals surface area (Å²) in [7, 11) is 1.66. The van der Waals surface area contributed by atoms with Crippen LogP contribution in [0.2, 0.25) is 0 Å². The third-order valence-corrected chi connectivity index (χ3v) is 5.44. The van der Waals surface area contributed by atoms with E-state index in [2.05, 4.69) is 16.4 Å². The number of alkyl halides is 2. The Hall–Kier alpha value is -2.76. The number of ether oxygens (including phenoxy) is 1. The Balaban J connectivity index is 1.76. The molecule has 1 atom stereocenters. The first-order valence-corrected chi connectivity index (χ1v) is 9.71. The van der Waals surface area contributed by atoms with Gasteiger partial charge in [0, 0.05) is 28.4 Å². The van der Waals surface area contributed by atoms with E-state index in [1.807, 2.05) is 19.1 Å². The van der Waals surface area contributed by atoms with E-state index in [1.165, 1.54) is 12.1 Å². The van der Waals surface area contributed by atoms with Gasteiger partial charge in [0.1, 0.15) is 11.6 Å². The zero-order valence-corrected chi connectivity index (χ0v) is 16.6. The van der Waals surface area contributed by atoms with Crippen molar-refractivity contribution in [1.82, 2.24) is 4.98 Å². The quantitative estimate of drug-likeness (QED) is 0.501. The molecule has 1 heterocycles. The lowest BCUT2D eigenvalue weighted by Crippen LogP contribution is -2.11. The standard InChI is InChI=1S/C23H23F3N2O/c1-12-9-19(28-13(2)15-5-4-6-16(22(15)24)23(25)26)18-10-17(14-7-8-14)21(29-3)11-20(18)27-12/h4-6,9-11,13-14,23H,7-8H2,1-3H3,(H,27,28). The SMILES string of the molecule is COc1cc2nc(C)cc(NC(C)c3cccc(C(F)F)c3F)c2cc1C1CC1. The van der Waals surface area contributed by atoms with Crippen LogP contribution in [0.15, 0.2) is 36.4 Å². The molecule has 1 aliphatic rings. The number of rotatable bonds is 6. The van der Waals surface area contributed by atoms with Gasteiger partial charge in [-0.3, -0.25) is 4.98 Å². The number of hydrogen-bond donors (Lipinski definition) is 1. The predicted octanol–water partition coefficient (Wildman–Crippen LogP) is 6.68. The van der Waals surface area contributed by atoms with E-state index in [0.29, 0.717) is 5.92 Å². The number of aromatic nitrogens is 1. The summed E-state index contributed by atoms with van der Waals surface area (Å²) in [5.74, 6) is 0.451. The maximum atomic E-state index is 14.6. The zero-order valence-electron chi connectivity index (χ0n) is 16.6. The number of pyridine rings is 1. The molecule has 3 nitrogen and oxygen atoms in total. The van der Waals surface area contributed by atoms with Crippen molar-refractivity contribution in [3.8, 4) is 5.75 Å². The molecule has 4 rings (SSSR count). The van der Waals surface area contributed by atoms with Crippen LogP contribution < -0.4 is 10.1 Å². The molecule has 1 unspecified atom stereocenters. The van der Waals surface area contributed by atoms with Gasteiger partial charge in [-0.1, -0.05) is 18.2 Å². The van der Waals surface area contributed by atoms with Gasteiger partial charge < -0.3 is 10.1 Å². The first-order chi connectivity index (χ1) is 13.9. The van der Waals surface area contributed by atoms with Crippen molar-refractivity contribution < 1.29 is 17.9 Å². The highest BCUT2D eigenvalue weighted by Gasteiger charge is 2.28. The van der Waals surface area contributed by atoms with Crippen molar-refractivity contribution in [2.45, 2.75) is 45.1 Å². The van der Waals surface area contributed by atoms with Crippen molar-refractivity contribution >= 4 is 16.6 Å². The summed E-state index contributed by atoms with van der Waals surface area (Å²) in [6, 6.07) is 9.54. The van der Waals surface area contributed by atoms with Crippen molar-refractivity contribution in [3.63, 3.8) is 0 Å². The number of nitrogens with zero attached hydrogens (tertiary/aromatic N) is 1. The van der Waals surface area contributed by atoms with Crippen LogP contribution in [-0.4, -0.2) is 12.1 Å². The van der Waals surface area contributed by atoms with Crippen LogP contribution >= 0.6 is 0 Å². The molecule has 0 amide bonds. The smallest absolute Gasteiger partial charge is 0.266 e. The molecule has 3 aromatic rings. The maximum absolute atomic E-state index is 14.6. The molecule has 1 aromatic heterocycles. The average Bonchev–Trinajstić information content (AvgIpc) is 3.51. The molecule has 1 saturated carbocycles. The van der Waals surface area contributed by atoms with E-state index >= 15 is 0 Å². The molecule has 0 spiro atoms. The predicted molar refractivity (Wildman–Crippen MR) is 108 cm³/mol. The first kappa shape index (κ1) is 19.6. The highest BCUT2D eigenvalue weighted by atomic mass is 19.3. The molecule has 29 heavy (non-hydrogen) atoms. The van der Waals surface area contributed by atoms with Gasteiger partial charge in [0.25, 0.3) is 6.43 Å². The molecule has 1 fully saturated rings. The summed E-state index contributed by atoms with van der Waals surface area (Å²) in [6.07, 6.45) is -0.586. The Morgan fingerprint density at radius 1 is 1.14 bits per heavy atom. The van der Waals surface area contributed by atoms with Crippen LogP contribution in [0.3, 0.4) is 0 Å². The summed E-state index contributed by atoms with van der Waals surface area (Å²) >= 11 is 0. The maximum Gasteiger partial charge on any atom is 0.266 e. The molecule has 0 aliphatic heterocycles. The third kappa shape index (κ3) is 3.76. The Labute approximate surface area is 167 Å². The van der Waals surface area contributed by atoms with E-state index in [1.54, 1.807) is 14.0 Å². The van der Waals surface area contributed by atoms with Gasteiger partial charge in [0.15, 0.2) is 0 Å². The number of fused-ring (bicyclic) bond motifs is 1. The number of halogens is 3. The molecular weight excluding hydrogens is 377 g/mol. The Bertz CT molecular complexity index is 1060. The zero-order chi connectivity index (χ0) is 20.7. The van der Waals surface area contributed by atoms with E-state index < -0.39 is 23.8 Å². The minimum Gasteiger partial charge on any atom is -0.496 e. The van der Waals surface area contributed by atoms with Gasteiger partial charge in [-0.25, -0.2) is 13.2 Å². The number of methoxy groups -OCH3 is 1. The fraction of sp³-hybridized carbons (Fsp3) is 0.348. The molecule has 1 N–H and O–H groups in total. The number of anilines is 1. The molecule has 2 aromatic carbocycles. The van der Waals surface area contributed by atoms with Crippen LogP contribution in [-0.2, 0) is 0 Å². The van der Waals surface area contributed by atoms with Crippen LogP contribution in [0.4, 0.5) is 18.9 Å². The van der Waals surface area contributed by atoms with Gasteiger partial charge in [-0.05, 0) is 50.3 Å². The molecule has 0 radical (unpaired) electrons.